The molecule has 0 spiro atoms. The Balaban J connectivity index is 0.698. The number of aromatic nitrogens is 4. The van der Waals surface area contributed by atoms with E-state index in [1.807, 2.05) is 49.1 Å². The standard InChI is InChI=1S/C88H80N4O8/c1-93-57-97-85-45-47-86(48-46-85,98-58-94-2)78-35-23-66(24-36-78)62-7-15-70(16-8-62)74-30-42-83(90-54-74)84-44-32-76(56-92-84)72-19-11-64(12-20-72)68-27-39-80(40-28-68)88(100-60-96-4)51-49-87(50-52-88,99-59-95-3)79-37-25-67(26-38-79)63-9-17-71(18-10-63)75-31-43-82(91-55-75)81-41-29-73(53-89-81)69-13-5-61(6-14-69)65-21-33-77(85)34-22-65/h5-44,53-56H,45-52,57-60H2,1-4H3. The van der Waals surface area contributed by atoms with Gasteiger partial charge in [-0.25, -0.2) is 0 Å². The lowest BCUT2D eigenvalue weighted by atomic mass is 9.70. The smallest absolute Gasteiger partial charge is 0.147 e. The van der Waals surface area contributed by atoms with Crippen LogP contribution in [0.5, 0.6) is 0 Å². The number of ether oxygens (including phenoxy) is 8. The van der Waals surface area contributed by atoms with Gasteiger partial charge in [0.2, 0.25) is 0 Å². The van der Waals surface area contributed by atoms with E-state index < -0.39 is 22.4 Å². The first-order valence-corrected chi connectivity index (χ1v) is 34.4. The predicted molar refractivity (Wildman–Crippen MR) is 394 cm³/mol. The van der Waals surface area contributed by atoms with Crippen LogP contribution in [0.1, 0.15) is 73.6 Å². The van der Waals surface area contributed by atoms with Crippen LogP contribution in [-0.4, -0.2) is 75.5 Å². The van der Waals surface area contributed by atoms with Crippen LogP contribution >= 0.6 is 0 Å². The summed E-state index contributed by atoms with van der Waals surface area (Å²) in [6.07, 6.45) is 13.5. The van der Waals surface area contributed by atoms with Gasteiger partial charge in [0.05, 0.1) is 45.2 Å². The van der Waals surface area contributed by atoms with Crippen LogP contribution in [0, 0.1) is 0 Å². The van der Waals surface area contributed by atoms with Gasteiger partial charge in [0.1, 0.15) is 27.2 Å². The molecule has 8 aromatic carbocycles. The summed E-state index contributed by atoms with van der Waals surface area (Å²) < 4.78 is 49.1. The number of hydrogen-bond donors (Lipinski definition) is 0. The third-order valence-corrected chi connectivity index (χ3v) is 21.0. The van der Waals surface area contributed by atoms with E-state index in [1.54, 1.807) is 28.4 Å². The molecule has 0 amide bonds. The summed E-state index contributed by atoms with van der Waals surface area (Å²) in [6, 6.07) is 86.6. The number of benzene rings is 8. The summed E-state index contributed by atoms with van der Waals surface area (Å²) in [7, 11) is 6.71. The summed E-state index contributed by atoms with van der Waals surface area (Å²) in [4.78, 5) is 19.5. The maximum Gasteiger partial charge on any atom is 0.147 e. The molecule has 0 saturated heterocycles. The topological polar surface area (TPSA) is 125 Å². The van der Waals surface area contributed by atoms with Crippen molar-refractivity contribution in [2.45, 2.75) is 73.8 Å². The Labute approximate surface area is 585 Å². The largest absolute Gasteiger partial charge is 0.359 e. The van der Waals surface area contributed by atoms with Crippen LogP contribution < -0.4 is 0 Å². The van der Waals surface area contributed by atoms with E-state index >= 15 is 0 Å². The highest BCUT2D eigenvalue weighted by atomic mass is 16.7. The third-order valence-electron chi connectivity index (χ3n) is 21.0. The van der Waals surface area contributed by atoms with Crippen molar-refractivity contribution in [3.63, 3.8) is 0 Å². The van der Waals surface area contributed by atoms with Crippen molar-refractivity contribution in [2.24, 2.45) is 0 Å². The Morgan fingerprint density at radius 2 is 0.340 bits per heavy atom. The van der Waals surface area contributed by atoms with Crippen molar-refractivity contribution in [3.8, 4) is 112 Å². The summed E-state index contributed by atoms with van der Waals surface area (Å²) in [5.74, 6) is 0. The Morgan fingerprint density at radius 1 is 0.200 bits per heavy atom. The molecule has 0 atom stereocenters. The second-order valence-electron chi connectivity index (χ2n) is 26.5. The lowest BCUT2D eigenvalue weighted by molar-refractivity contribution is -0.203. The van der Waals surface area contributed by atoms with E-state index in [1.165, 1.54) is 0 Å². The highest BCUT2D eigenvalue weighted by Gasteiger charge is 2.48. The van der Waals surface area contributed by atoms with Crippen LogP contribution in [0.4, 0.5) is 0 Å². The van der Waals surface area contributed by atoms with Crippen molar-refractivity contribution in [1.82, 2.24) is 19.9 Å². The first kappa shape index (κ1) is 65.9. The van der Waals surface area contributed by atoms with Gasteiger partial charge in [0.25, 0.3) is 0 Å². The van der Waals surface area contributed by atoms with Gasteiger partial charge in [-0.05, 0) is 165 Å². The maximum absolute atomic E-state index is 6.70. The molecule has 18 aliphatic carbocycles. The van der Waals surface area contributed by atoms with E-state index in [0.29, 0.717) is 0 Å². The molecule has 24 aliphatic rings. The van der Waals surface area contributed by atoms with Crippen LogP contribution in [0.15, 0.2) is 267 Å². The Morgan fingerprint density at radius 3 is 0.480 bits per heavy atom. The quantitative estimate of drug-likeness (QED) is 0.108. The summed E-state index contributed by atoms with van der Waals surface area (Å²) >= 11 is 0. The Hall–Kier alpha value is -9.96. The zero-order valence-corrected chi connectivity index (χ0v) is 56.9. The van der Waals surface area contributed by atoms with Gasteiger partial charge in [-0.1, -0.05) is 218 Å². The van der Waals surface area contributed by atoms with Crippen LogP contribution in [0.3, 0.4) is 0 Å². The number of methoxy groups -OCH3 is 4. The zero-order chi connectivity index (χ0) is 67.9. The molecule has 12 nitrogen and oxygen atoms in total. The summed E-state index contributed by atoms with van der Waals surface area (Å²) in [6.45, 7) is 0.718. The molecule has 4 aromatic heterocycles. The fourth-order valence-corrected chi connectivity index (χ4v) is 15.0. The number of hydrogen-bond acceptors (Lipinski definition) is 12. The highest BCUT2D eigenvalue weighted by molar-refractivity contribution is 5.76. The SMILES string of the molecule is COCOC12CCC(OCOC)(CC1)c1ccc(cc1)-c1ccc(cc1)-c1ccc(nc1)-c1ccc(cn1)-c1ccc(cc1)-c1ccc(cc1)C1(OCOC)CCC(OCOC)(CC1)c1ccc(cc1)-c1ccc(cc1)-c1ccc(nc1)-c1ccc(cn1)-c1ccc(cc1)-c1ccc2cc1. The average Bonchev–Trinajstić information content (AvgIpc) is 0.761. The van der Waals surface area contributed by atoms with E-state index in [-0.39, 0.29) is 27.2 Å². The van der Waals surface area contributed by atoms with Gasteiger partial charge in [0, 0.05) is 75.5 Å². The molecule has 2 saturated carbocycles. The molecule has 6 aliphatic heterocycles. The van der Waals surface area contributed by atoms with E-state index in [0.717, 1.165) is 185 Å². The average molecular weight is 1320 g/mol. The summed E-state index contributed by atoms with van der Waals surface area (Å²) in [5.41, 5.74) is 22.9. The van der Waals surface area contributed by atoms with Crippen molar-refractivity contribution >= 4 is 0 Å². The molecule has 36 rings (SSSR count). The molecule has 0 unspecified atom stereocenters. The van der Waals surface area contributed by atoms with E-state index in [4.69, 9.17) is 57.8 Å². The fourth-order valence-electron chi connectivity index (χ4n) is 15.0. The second-order valence-corrected chi connectivity index (χ2v) is 26.5. The lowest BCUT2D eigenvalue weighted by Crippen LogP contribution is -2.43. The van der Waals surface area contributed by atoms with Gasteiger partial charge < -0.3 is 37.9 Å². The van der Waals surface area contributed by atoms with Crippen LogP contribution in [-0.2, 0) is 60.3 Å². The molecular weight excluding hydrogens is 1240 g/mol. The number of rotatable bonds is 12. The fraction of sp³-hybridized carbons (Fsp3) is 0.227. The van der Waals surface area contributed by atoms with Crippen molar-refractivity contribution in [2.75, 3.05) is 55.6 Å². The minimum atomic E-state index is -0.567. The van der Waals surface area contributed by atoms with Crippen LogP contribution in [0.25, 0.3) is 112 Å². The molecule has 12 heteroatoms. The lowest BCUT2D eigenvalue weighted by Gasteiger charge is -2.46. The Kier molecular flexibility index (Phi) is 19.2. The van der Waals surface area contributed by atoms with Gasteiger partial charge in [-0.15, -0.1) is 0 Å². The molecule has 2 fully saturated rings. The summed E-state index contributed by atoms with van der Waals surface area (Å²) in [5, 5.41) is 0. The second kappa shape index (κ2) is 29.1. The van der Waals surface area contributed by atoms with Gasteiger partial charge >= 0.3 is 0 Å². The molecule has 500 valence electrons. The van der Waals surface area contributed by atoms with Crippen molar-refractivity contribution in [1.29, 1.82) is 0 Å². The van der Waals surface area contributed by atoms with Crippen molar-refractivity contribution < 1.29 is 37.9 Å². The van der Waals surface area contributed by atoms with Gasteiger partial charge in [-0.2, -0.15) is 0 Å². The van der Waals surface area contributed by atoms with E-state index in [2.05, 4.69) is 218 Å². The minimum Gasteiger partial charge on any atom is -0.359 e. The molecule has 12 aromatic rings. The minimum absolute atomic E-state index is 0.179. The third kappa shape index (κ3) is 13.5. The van der Waals surface area contributed by atoms with Gasteiger partial charge in [-0.3, -0.25) is 19.9 Å². The maximum atomic E-state index is 6.70. The molecule has 0 N–H and O–H groups in total. The predicted octanol–water partition coefficient (Wildman–Crippen LogP) is 20.1. The van der Waals surface area contributed by atoms with Crippen LogP contribution in [0.2, 0.25) is 0 Å². The monoisotopic (exact) mass is 1320 g/mol. The number of nitrogens with zero attached hydrogens (tertiary/aromatic N) is 4. The van der Waals surface area contributed by atoms with E-state index in [9.17, 15) is 0 Å². The first-order valence-electron chi connectivity index (χ1n) is 34.4. The Bertz CT molecular complexity index is 4060. The molecule has 10 heterocycles. The molecule has 0 radical (unpaired) electrons. The number of pyridine rings is 4. The highest BCUT2D eigenvalue weighted by Crippen LogP contribution is 2.52. The first-order chi connectivity index (χ1) is 49.2. The van der Waals surface area contributed by atoms with Crippen molar-refractivity contribution in [3.05, 3.63) is 290 Å². The normalized spacial score (nSPS) is 19.3. The zero-order valence-electron chi connectivity index (χ0n) is 56.9. The van der Waals surface area contributed by atoms with Gasteiger partial charge in [0.15, 0.2) is 0 Å². The molecular formula is C88H80N4O8. The molecule has 100 heavy (non-hydrogen) atoms. The molecule has 28 bridgehead atoms.